The van der Waals surface area contributed by atoms with Crippen LogP contribution in [0.5, 0.6) is 0 Å². The molecule has 1 aliphatic rings. The van der Waals surface area contributed by atoms with Crippen molar-refractivity contribution in [1.29, 1.82) is 0 Å². The van der Waals surface area contributed by atoms with E-state index in [4.69, 9.17) is 4.74 Å². The van der Waals surface area contributed by atoms with Crippen LogP contribution in [0.4, 0.5) is 0 Å². The molecule has 0 saturated carbocycles. The highest BCUT2D eigenvalue weighted by atomic mass is 16.6. The van der Waals surface area contributed by atoms with E-state index < -0.39 is 11.5 Å². The second kappa shape index (κ2) is 5.10. The molecule has 3 heteroatoms. The molecule has 2 aromatic carbocycles. The van der Waals surface area contributed by atoms with Gasteiger partial charge in [-0.25, -0.2) is 0 Å². The van der Waals surface area contributed by atoms with Crippen LogP contribution >= 0.6 is 0 Å². The number of hydrogen-bond donors (Lipinski definition) is 1. The van der Waals surface area contributed by atoms with Crippen molar-refractivity contribution >= 4 is 5.97 Å². The van der Waals surface area contributed by atoms with E-state index in [-0.39, 0.29) is 12.6 Å². The highest BCUT2D eigenvalue weighted by Gasteiger charge is 2.51. The molecule has 3 rings (SSSR count). The number of carbonyl (C=O) groups excluding carboxylic acids is 1. The molecule has 0 unspecified atom stereocenters. The molecule has 0 bridgehead atoms. The van der Waals surface area contributed by atoms with E-state index >= 15 is 0 Å². The third-order valence-electron chi connectivity index (χ3n) is 3.89. The fourth-order valence-electron chi connectivity index (χ4n) is 2.90. The van der Waals surface area contributed by atoms with Gasteiger partial charge in [-0.1, -0.05) is 60.7 Å². The lowest BCUT2D eigenvalue weighted by atomic mass is 9.72. The lowest BCUT2D eigenvalue weighted by Crippen LogP contribution is -2.33. The fourth-order valence-corrected chi connectivity index (χ4v) is 2.90. The molecular weight excluding hydrogens is 252 g/mol. The Morgan fingerprint density at radius 1 is 1.00 bits per heavy atom. The van der Waals surface area contributed by atoms with E-state index in [0.717, 1.165) is 11.1 Å². The van der Waals surface area contributed by atoms with Gasteiger partial charge in [-0.15, -0.1) is 0 Å². The van der Waals surface area contributed by atoms with E-state index in [1.54, 1.807) is 0 Å². The van der Waals surface area contributed by atoms with Gasteiger partial charge in [0, 0.05) is 6.42 Å². The number of hydrogen-bond acceptors (Lipinski definition) is 3. The minimum absolute atomic E-state index is 0.146. The zero-order valence-corrected chi connectivity index (χ0v) is 11.0. The summed E-state index contributed by atoms with van der Waals surface area (Å²) in [6.07, 6.45) is 0.0269. The number of aliphatic hydroxyl groups is 1. The first-order valence-corrected chi connectivity index (χ1v) is 6.70. The first-order valence-electron chi connectivity index (χ1n) is 6.70. The molecule has 0 amide bonds. The maximum atomic E-state index is 12.5. The maximum Gasteiger partial charge on any atom is 0.321 e. The van der Waals surface area contributed by atoms with Crippen LogP contribution < -0.4 is 0 Å². The minimum Gasteiger partial charge on any atom is -0.459 e. The molecule has 0 radical (unpaired) electrons. The van der Waals surface area contributed by atoms with Crippen molar-refractivity contribution in [2.24, 2.45) is 0 Å². The summed E-state index contributed by atoms with van der Waals surface area (Å²) in [5.74, 6) is -0.283. The van der Waals surface area contributed by atoms with Crippen molar-refractivity contribution in [1.82, 2.24) is 0 Å². The monoisotopic (exact) mass is 268 g/mol. The van der Waals surface area contributed by atoms with Crippen LogP contribution in [0.2, 0.25) is 0 Å². The molecule has 1 atom stereocenters. The van der Waals surface area contributed by atoms with Gasteiger partial charge >= 0.3 is 5.97 Å². The number of ether oxygens (including phenoxy) is 1. The van der Waals surface area contributed by atoms with Crippen molar-refractivity contribution in [2.75, 3.05) is 6.61 Å². The van der Waals surface area contributed by atoms with Crippen LogP contribution in [0.15, 0.2) is 60.7 Å². The highest BCUT2D eigenvalue weighted by molar-refractivity contribution is 5.89. The normalized spacial score (nSPS) is 20.6. The standard InChI is InChI=1S/C17H16O3/c18-12-15-11-17(16(19)20-15,13-7-3-1-4-8-13)14-9-5-2-6-10-14/h1-10,15,18H,11-12H2/t15-/m1/s1. The zero-order chi connectivity index (χ0) is 14.0. The summed E-state index contributed by atoms with van der Waals surface area (Å²) in [6.45, 7) is -0.146. The molecular formula is C17H16O3. The number of rotatable bonds is 3. The summed E-state index contributed by atoms with van der Waals surface area (Å²) >= 11 is 0. The summed E-state index contributed by atoms with van der Waals surface area (Å²) in [5.41, 5.74) is 1.01. The summed E-state index contributed by atoms with van der Waals surface area (Å²) in [5, 5.41) is 9.33. The van der Waals surface area contributed by atoms with Gasteiger partial charge in [-0.3, -0.25) is 4.79 Å². The lowest BCUT2D eigenvalue weighted by molar-refractivity contribution is -0.145. The van der Waals surface area contributed by atoms with Gasteiger partial charge in [0.1, 0.15) is 11.5 Å². The first kappa shape index (κ1) is 12.9. The number of carbonyl (C=O) groups is 1. The van der Waals surface area contributed by atoms with Crippen LogP contribution in [0, 0.1) is 0 Å². The molecule has 20 heavy (non-hydrogen) atoms. The van der Waals surface area contributed by atoms with Crippen LogP contribution in [-0.4, -0.2) is 23.8 Å². The summed E-state index contributed by atoms with van der Waals surface area (Å²) in [7, 11) is 0. The van der Waals surface area contributed by atoms with Crippen LogP contribution in [-0.2, 0) is 14.9 Å². The van der Waals surface area contributed by atoms with Crippen LogP contribution in [0.1, 0.15) is 17.5 Å². The SMILES string of the molecule is O=C1O[C@@H](CO)CC1(c1ccccc1)c1ccccc1. The number of esters is 1. The molecule has 2 aromatic rings. The zero-order valence-electron chi connectivity index (χ0n) is 11.0. The van der Waals surface area contributed by atoms with Gasteiger partial charge in [0.25, 0.3) is 0 Å². The Morgan fingerprint density at radius 3 is 1.90 bits per heavy atom. The van der Waals surface area contributed by atoms with Gasteiger partial charge in [0.2, 0.25) is 0 Å². The smallest absolute Gasteiger partial charge is 0.321 e. The molecule has 1 saturated heterocycles. The summed E-state index contributed by atoms with van der Waals surface area (Å²) < 4.78 is 5.35. The predicted molar refractivity (Wildman–Crippen MR) is 75.2 cm³/mol. The number of aliphatic hydroxyl groups excluding tert-OH is 1. The molecule has 0 spiro atoms. The lowest BCUT2D eigenvalue weighted by Gasteiger charge is -2.26. The van der Waals surface area contributed by atoms with Gasteiger partial charge in [0.15, 0.2) is 0 Å². The first-order chi connectivity index (χ1) is 9.77. The van der Waals surface area contributed by atoms with Gasteiger partial charge in [0.05, 0.1) is 6.61 Å². The second-order valence-electron chi connectivity index (χ2n) is 5.05. The maximum absolute atomic E-state index is 12.5. The van der Waals surface area contributed by atoms with Gasteiger partial charge < -0.3 is 9.84 Å². The Kier molecular flexibility index (Phi) is 3.28. The van der Waals surface area contributed by atoms with Crippen LogP contribution in [0.25, 0.3) is 0 Å². The molecule has 1 N–H and O–H groups in total. The highest BCUT2D eigenvalue weighted by Crippen LogP contribution is 2.43. The third kappa shape index (κ3) is 1.91. The number of benzene rings is 2. The van der Waals surface area contributed by atoms with Crippen molar-refractivity contribution in [3.8, 4) is 0 Å². The molecule has 0 aliphatic carbocycles. The summed E-state index contributed by atoms with van der Waals surface area (Å²) in [4.78, 5) is 12.5. The summed E-state index contributed by atoms with van der Waals surface area (Å²) in [6, 6.07) is 19.3. The fraction of sp³-hybridized carbons (Fsp3) is 0.235. The van der Waals surface area contributed by atoms with E-state index in [2.05, 4.69) is 0 Å². The van der Waals surface area contributed by atoms with Crippen LogP contribution in [0.3, 0.4) is 0 Å². The number of cyclic esters (lactones) is 1. The molecule has 102 valence electrons. The molecule has 3 nitrogen and oxygen atoms in total. The second-order valence-corrected chi connectivity index (χ2v) is 5.05. The van der Waals surface area contributed by atoms with E-state index in [0.29, 0.717) is 6.42 Å². The molecule has 1 fully saturated rings. The Morgan fingerprint density at radius 2 is 1.50 bits per heavy atom. The topological polar surface area (TPSA) is 46.5 Å². The van der Waals surface area contributed by atoms with Crippen molar-refractivity contribution < 1.29 is 14.6 Å². The predicted octanol–water partition coefficient (Wildman–Crippen LogP) is 2.28. The Hall–Kier alpha value is -2.13. The van der Waals surface area contributed by atoms with E-state index in [1.165, 1.54) is 0 Å². The largest absolute Gasteiger partial charge is 0.459 e. The average Bonchev–Trinajstić information content (AvgIpc) is 2.87. The quantitative estimate of drug-likeness (QED) is 0.869. The average molecular weight is 268 g/mol. The molecule has 1 heterocycles. The minimum atomic E-state index is -0.810. The van der Waals surface area contributed by atoms with Crippen molar-refractivity contribution in [3.63, 3.8) is 0 Å². The van der Waals surface area contributed by atoms with Crippen molar-refractivity contribution in [2.45, 2.75) is 17.9 Å². The van der Waals surface area contributed by atoms with E-state index in [9.17, 15) is 9.90 Å². The van der Waals surface area contributed by atoms with Gasteiger partial charge in [-0.2, -0.15) is 0 Å². The Balaban J connectivity index is 2.17. The Labute approximate surface area is 117 Å². The molecule has 0 aromatic heterocycles. The molecule has 1 aliphatic heterocycles. The third-order valence-corrected chi connectivity index (χ3v) is 3.89. The van der Waals surface area contributed by atoms with Gasteiger partial charge in [-0.05, 0) is 11.1 Å². The van der Waals surface area contributed by atoms with E-state index in [1.807, 2.05) is 60.7 Å². The van der Waals surface area contributed by atoms with Crippen molar-refractivity contribution in [3.05, 3.63) is 71.8 Å². The Bertz CT molecular complexity index is 553.